The maximum Gasteiger partial charge on any atom is 0.137 e. The standard InChI is InChI=1S/C38H25NO/c1-39-34-21-25(19-20-28(34)30-22-31-29-15-7-10-18-36(29)40-37(31)23-35(30)39)38(24-11-3-2-4-12-24)32-16-8-5-13-26(32)27-14-6-9-17-33(27)38/h2-23H,1H3. The molecule has 2 nitrogen and oxygen atoms in total. The summed E-state index contributed by atoms with van der Waals surface area (Å²) in [6.45, 7) is 0. The number of rotatable bonds is 2. The van der Waals surface area contributed by atoms with Gasteiger partial charge in [-0.1, -0.05) is 109 Å². The van der Waals surface area contributed by atoms with Crippen molar-refractivity contribution < 1.29 is 4.42 Å². The van der Waals surface area contributed by atoms with Crippen LogP contribution in [0.4, 0.5) is 0 Å². The highest BCUT2D eigenvalue weighted by Gasteiger charge is 2.45. The molecule has 0 atom stereocenters. The molecule has 2 heterocycles. The summed E-state index contributed by atoms with van der Waals surface area (Å²) in [6.07, 6.45) is 0. The fourth-order valence-corrected chi connectivity index (χ4v) is 7.37. The van der Waals surface area contributed by atoms with Crippen LogP contribution in [0.1, 0.15) is 22.3 Å². The summed E-state index contributed by atoms with van der Waals surface area (Å²) in [5.74, 6) is 0. The third-order valence-corrected chi connectivity index (χ3v) is 9.10. The number of aryl methyl sites for hydroxylation is 1. The molecular formula is C38H25NO. The van der Waals surface area contributed by atoms with Crippen molar-refractivity contribution in [3.05, 3.63) is 156 Å². The van der Waals surface area contributed by atoms with Crippen molar-refractivity contribution in [3.63, 3.8) is 0 Å². The van der Waals surface area contributed by atoms with Crippen LogP contribution >= 0.6 is 0 Å². The van der Waals surface area contributed by atoms with Gasteiger partial charge in [0.05, 0.1) is 10.9 Å². The molecule has 0 spiro atoms. The second-order valence-corrected chi connectivity index (χ2v) is 11.0. The number of benzene rings is 6. The Hall–Kier alpha value is -5.08. The Bertz CT molecular complexity index is 2240. The van der Waals surface area contributed by atoms with Crippen LogP contribution in [-0.4, -0.2) is 4.57 Å². The maximum absolute atomic E-state index is 6.26. The van der Waals surface area contributed by atoms with Crippen LogP contribution in [0.15, 0.2) is 138 Å². The van der Waals surface area contributed by atoms with Gasteiger partial charge in [0.1, 0.15) is 11.2 Å². The summed E-state index contributed by atoms with van der Waals surface area (Å²) < 4.78 is 8.58. The average Bonchev–Trinajstić information content (AvgIpc) is 3.63. The predicted molar refractivity (Wildman–Crippen MR) is 165 cm³/mol. The van der Waals surface area contributed by atoms with Crippen LogP contribution < -0.4 is 0 Å². The fraction of sp³-hybridized carbons (Fsp3) is 0.0526. The van der Waals surface area contributed by atoms with Crippen molar-refractivity contribution >= 4 is 43.7 Å². The first-order valence-electron chi connectivity index (χ1n) is 13.8. The molecule has 1 aliphatic rings. The van der Waals surface area contributed by atoms with Gasteiger partial charge in [-0.2, -0.15) is 0 Å². The molecule has 0 fully saturated rings. The third-order valence-electron chi connectivity index (χ3n) is 9.10. The minimum absolute atomic E-state index is 0.400. The van der Waals surface area contributed by atoms with E-state index in [2.05, 4.69) is 133 Å². The molecule has 0 N–H and O–H groups in total. The van der Waals surface area contributed by atoms with Gasteiger partial charge in [0.15, 0.2) is 0 Å². The third kappa shape index (κ3) is 2.63. The second-order valence-electron chi connectivity index (χ2n) is 11.0. The molecular weight excluding hydrogens is 486 g/mol. The lowest BCUT2D eigenvalue weighted by atomic mass is 9.67. The molecule has 0 radical (unpaired) electrons. The van der Waals surface area contributed by atoms with Crippen molar-refractivity contribution in [2.75, 3.05) is 0 Å². The summed E-state index contributed by atoms with van der Waals surface area (Å²) in [6, 6.07) is 48.8. The lowest BCUT2D eigenvalue weighted by Crippen LogP contribution is -2.28. The molecule has 9 rings (SSSR count). The predicted octanol–water partition coefficient (Wildman–Crippen LogP) is 9.59. The smallest absolute Gasteiger partial charge is 0.137 e. The Kier molecular flexibility index (Phi) is 4.22. The molecule has 188 valence electrons. The molecule has 40 heavy (non-hydrogen) atoms. The molecule has 0 aliphatic heterocycles. The van der Waals surface area contributed by atoms with Crippen LogP contribution in [-0.2, 0) is 12.5 Å². The highest BCUT2D eigenvalue weighted by atomic mass is 16.3. The molecule has 0 unspecified atom stereocenters. The lowest BCUT2D eigenvalue weighted by molar-refractivity contribution is 0.669. The van der Waals surface area contributed by atoms with Gasteiger partial charge < -0.3 is 8.98 Å². The van der Waals surface area contributed by atoms with Gasteiger partial charge in [-0.3, -0.25) is 0 Å². The largest absolute Gasteiger partial charge is 0.456 e. The first-order chi connectivity index (χ1) is 19.7. The van der Waals surface area contributed by atoms with E-state index in [0.29, 0.717) is 0 Å². The Morgan fingerprint density at radius 3 is 1.90 bits per heavy atom. The summed E-state index contributed by atoms with van der Waals surface area (Å²) in [7, 11) is 2.18. The van der Waals surface area contributed by atoms with Crippen molar-refractivity contribution in [2.24, 2.45) is 7.05 Å². The molecule has 8 aromatic rings. The average molecular weight is 512 g/mol. The summed E-state index contributed by atoms with van der Waals surface area (Å²) in [5, 5.41) is 4.84. The number of hydrogen-bond acceptors (Lipinski definition) is 1. The van der Waals surface area contributed by atoms with E-state index in [1.54, 1.807) is 0 Å². The molecule has 0 saturated heterocycles. The number of furan rings is 1. The minimum Gasteiger partial charge on any atom is -0.456 e. The van der Waals surface area contributed by atoms with Crippen LogP contribution in [0, 0.1) is 0 Å². The summed E-state index contributed by atoms with van der Waals surface area (Å²) in [4.78, 5) is 0. The first-order valence-corrected chi connectivity index (χ1v) is 13.8. The number of nitrogens with zero attached hydrogens (tertiary/aromatic N) is 1. The number of para-hydroxylation sites is 1. The molecule has 0 bridgehead atoms. The Morgan fingerprint density at radius 1 is 0.475 bits per heavy atom. The van der Waals surface area contributed by atoms with E-state index in [9.17, 15) is 0 Å². The first kappa shape index (κ1) is 21.8. The second kappa shape index (κ2) is 7.74. The zero-order valence-corrected chi connectivity index (χ0v) is 22.1. The Balaban J connectivity index is 1.38. The van der Waals surface area contributed by atoms with Crippen LogP contribution in [0.3, 0.4) is 0 Å². The molecule has 2 heteroatoms. The van der Waals surface area contributed by atoms with Gasteiger partial charge in [0, 0.05) is 40.2 Å². The van der Waals surface area contributed by atoms with E-state index in [0.717, 1.165) is 16.6 Å². The quantitative estimate of drug-likeness (QED) is 0.226. The lowest BCUT2D eigenvalue weighted by Gasteiger charge is -2.34. The minimum atomic E-state index is -0.400. The van der Waals surface area contributed by atoms with E-state index >= 15 is 0 Å². The number of fused-ring (bicyclic) bond motifs is 9. The zero-order chi connectivity index (χ0) is 26.4. The van der Waals surface area contributed by atoms with Crippen molar-refractivity contribution in [2.45, 2.75) is 5.41 Å². The van der Waals surface area contributed by atoms with E-state index < -0.39 is 5.41 Å². The topological polar surface area (TPSA) is 18.1 Å². The monoisotopic (exact) mass is 511 g/mol. The van der Waals surface area contributed by atoms with E-state index in [1.807, 2.05) is 12.1 Å². The highest BCUT2D eigenvalue weighted by molar-refractivity contribution is 6.16. The molecule has 1 aliphatic carbocycles. The van der Waals surface area contributed by atoms with E-state index in [1.165, 1.54) is 60.6 Å². The number of aromatic nitrogens is 1. The van der Waals surface area contributed by atoms with Gasteiger partial charge in [-0.05, 0) is 51.6 Å². The molecule has 6 aromatic carbocycles. The Labute approximate surface area is 231 Å². The summed E-state index contributed by atoms with van der Waals surface area (Å²) in [5.41, 5.74) is 11.7. The zero-order valence-electron chi connectivity index (χ0n) is 22.1. The highest BCUT2D eigenvalue weighted by Crippen LogP contribution is 2.56. The van der Waals surface area contributed by atoms with Gasteiger partial charge in [-0.15, -0.1) is 0 Å². The van der Waals surface area contributed by atoms with Crippen LogP contribution in [0.25, 0.3) is 54.9 Å². The molecule has 0 saturated carbocycles. The van der Waals surface area contributed by atoms with Crippen molar-refractivity contribution in [1.29, 1.82) is 0 Å². The Morgan fingerprint density at radius 2 is 1.12 bits per heavy atom. The summed E-state index contributed by atoms with van der Waals surface area (Å²) >= 11 is 0. The van der Waals surface area contributed by atoms with E-state index in [-0.39, 0.29) is 0 Å². The number of hydrogen-bond donors (Lipinski definition) is 0. The van der Waals surface area contributed by atoms with Gasteiger partial charge in [0.25, 0.3) is 0 Å². The van der Waals surface area contributed by atoms with Gasteiger partial charge in [-0.25, -0.2) is 0 Å². The van der Waals surface area contributed by atoms with Crippen LogP contribution in [0.5, 0.6) is 0 Å². The van der Waals surface area contributed by atoms with Gasteiger partial charge in [0.2, 0.25) is 0 Å². The maximum atomic E-state index is 6.26. The van der Waals surface area contributed by atoms with E-state index in [4.69, 9.17) is 4.42 Å². The van der Waals surface area contributed by atoms with Crippen molar-refractivity contribution in [1.82, 2.24) is 4.57 Å². The fourth-order valence-electron chi connectivity index (χ4n) is 7.37. The van der Waals surface area contributed by atoms with Gasteiger partial charge >= 0.3 is 0 Å². The van der Waals surface area contributed by atoms with Crippen molar-refractivity contribution in [3.8, 4) is 11.1 Å². The molecule has 2 aromatic heterocycles. The SMILES string of the molecule is Cn1c2cc(C3(c4ccccc4)c4ccccc4-c4ccccc43)ccc2c2cc3c(cc21)oc1ccccc13. The van der Waals surface area contributed by atoms with Crippen LogP contribution in [0.2, 0.25) is 0 Å². The molecule has 0 amide bonds. The normalized spacial score (nSPS) is 13.8.